The van der Waals surface area contributed by atoms with Gasteiger partial charge in [-0.25, -0.2) is 9.97 Å². The molecule has 0 fully saturated rings. The van der Waals surface area contributed by atoms with Gasteiger partial charge in [-0.3, -0.25) is 4.68 Å². The summed E-state index contributed by atoms with van der Waals surface area (Å²) in [6.45, 7) is 8.48. The van der Waals surface area contributed by atoms with E-state index in [2.05, 4.69) is 42.8 Å². The van der Waals surface area contributed by atoms with E-state index in [0.717, 1.165) is 17.7 Å². The smallest absolute Gasteiger partial charge is 0.164 e. The largest absolute Gasteiger partial charge is 0.270 e. The van der Waals surface area contributed by atoms with Crippen LogP contribution in [0.1, 0.15) is 39.4 Å². The summed E-state index contributed by atoms with van der Waals surface area (Å²) < 4.78 is 1.89. The first-order valence-corrected chi connectivity index (χ1v) is 6.91. The molecule has 0 amide bonds. The quantitative estimate of drug-likeness (QED) is 0.800. The molecule has 19 heavy (non-hydrogen) atoms. The van der Waals surface area contributed by atoms with Gasteiger partial charge in [0.25, 0.3) is 0 Å². The first-order valence-electron chi connectivity index (χ1n) is 6.53. The molecule has 2 rings (SSSR count). The molecule has 0 saturated carbocycles. The Morgan fingerprint density at radius 1 is 1.21 bits per heavy atom. The third kappa shape index (κ3) is 3.53. The average Bonchev–Trinajstić information content (AvgIpc) is 2.76. The molecule has 0 aliphatic heterocycles. The Morgan fingerprint density at radius 2 is 1.95 bits per heavy atom. The molecule has 0 aliphatic carbocycles. The molecule has 4 nitrogen and oxygen atoms in total. The second kappa shape index (κ2) is 5.70. The maximum atomic E-state index is 6.07. The molecule has 0 radical (unpaired) electrons. The van der Waals surface area contributed by atoms with Crippen LogP contribution in [0.5, 0.6) is 0 Å². The van der Waals surface area contributed by atoms with Gasteiger partial charge in [-0.15, -0.1) is 0 Å². The summed E-state index contributed by atoms with van der Waals surface area (Å²) >= 11 is 6.07. The maximum Gasteiger partial charge on any atom is 0.164 e. The van der Waals surface area contributed by atoms with Crippen molar-refractivity contribution in [1.29, 1.82) is 0 Å². The predicted octanol–water partition coefficient (Wildman–Crippen LogP) is 3.77. The Kier molecular flexibility index (Phi) is 4.20. The molecule has 2 aromatic rings. The minimum Gasteiger partial charge on any atom is -0.270 e. The number of rotatable bonds is 4. The van der Waals surface area contributed by atoms with Crippen LogP contribution in [0.3, 0.4) is 0 Å². The number of aromatic nitrogens is 4. The molecule has 0 unspecified atom stereocenters. The van der Waals surface area contributed by atoms with Gasteiger partial charge in [0.1, 0.15) is 5.15 Å². The van der Waals surface area contributed by atoms with E-state index >= 15 is 0 Å². The van der Waals surface area contributed by atoms with Gasteiger partial charge in [0.05, 0.1) is 11.8 Å². The molecule has 2 heterocycles. The van der Waals surface area contributed by atoms with E-state index in [1.165, 1.54) is 0 Å². The van der Waals surface area contributed by atoms with E-state index in [1.807, 2.05) is 16.9 Å². The first-order chi connectivity index (χ1) is 8.95. The highest BCUT2D eigenvalue weighted by atomic mass is 35.5. The number of hydrogen-bond donors (Lipinski definition) is 0. The summed E-state index contributed by atoms with van der Waals surface area (Å²) in [6.07, 6.45) is 4.63. The number of hydrogen-bond acceptors (Lipinski definition) is 3. The van der Waals surface area contributed by atoms with E-state index in [9.17, 15) is 0 Å². The fourth-order valence-corrected chi connectivity index (χ4v) is 2.06. The van der Waals surface area contributed by atoms with E-state index < -0.39 is 0 Å². The topological polar surface area (TPSA) is 43.6 Å². The van der Waals surface area contributed by atoms with Crippen LogP contribution >= 0.6 is 11.6 Å². The second-order valence-electron chi connectivity index (χ2n) is 5.41. The zero-order valence-electron chi connectivity index (χ0n) is 11.8. The predicted molar refractivity (Wildman–Crippen MR) is 77.2 cm³/mol. The van der Waals surface area contributed by atoms with Crippen LogP contribution in [-0.4, -0.2) is 19.7 Å². The van der Waals surface area contributed by atoms with Crippen molar-refractivity contribution in [2.45, 2.75) is 40.2 Å². The Labute approximate surface area is 118 Å². The normalized spacial score (nSPS) is 11.5. The molecule has 0 atom stereocenters. The van der Waals surface area contributed by atoms with Crippen LogP contribution in [0, 0.1) is 5.92 Å². The second-order valence-corrected chi connectivity index (χ2v) is 5.79. The molecule has 0 N–H and O–H groups in total. The lowest BCUT2D eigenvalue weighted by Gasteiger charge is -2.06. The van der Waals surface area contributed by atoms with Gasteiger partial charge in [0.2, 0.25) is 0 Å². The Balaban J connectivity index is 2.35. The summed E-state index contributed by atoms with van der Waals surface area (Å²) in [5.74, 6) is 1.19. The summed E-state index contributed by atoms with van der Waals surface area (Å²) in [7, 11) is 0. The van der Waals surface area contributed by atoms with Crippen molar-refractivity contribution in [2.75, 3.05) is 0 Å². The van der Waals surface area contributed by atoms with Crippen LogP contribution in [0.15, 0.2) is 18.5 Å². The number of halogens is 1. The fourth-order valence-electron chi connectivity index (χ4n) is 1.85. The van der Waals surface area contributed by atoms with Crippen LogP contribution in [-0.2, 0) is 6.42 Å². The van der Waals surface area contributed by atoms with Crippen molar-refractivity contribution < 1.29 is 0 Å². The van der Waals surface area contributed by atoms with Crippen LogP contribution < -0.4 is 0 Å². The highest BCUT2D eigenvalue weighted by Crippen LogP contribution is 2.20. The molecule has 102 valence electrons. The van der Waals surface area contributed by atoms with Gasteiger partial charge in [-0.05, 0) is 32.3 Å². The van der Waals surface area contributed by atoms with Crippen molar-refractivity contribution in [3.05, 3.63) is 29.3 Å². The highest BCUT2D eigenvalue weighted by Gasteiger charge is 2.10. The third-order valence-electron chi connectivity index (χ3n) is 2.75. The monoisotopic (exact) mass is 278 g/mol. The van der Waals surface area contributed by atoms with Crippen molar-refractivity contribution in [3.63, 3.8) is 0 Å². The van der Waals surface area contributed by atoms with Crippen molar-refractivity contribution in [2.24, 2.45) is 5.92 Å². The summed E-state index contributed by atoms with van der Waals surface area (Å²) in [4.78, 5) is 8.85. The summed E-state index contributed by atoms with van der Waals surface area (Å²) in [6, 6.07) is 2.15. The zero-order valence-corrected chi connectivity index (χ0v) is 12.5. The van der Waals surface area contributed by atoms with E-state index in [0.29, 0.717) is 22.9 Å². The van der Waals surface area contributed by atoms with Gasteiger partial charge >= 0.3 is 0 Å². The molecule has 0 spiro atoms. The van der Waals surface area contributed by atoms with Crippen LogP contribution in [0.4, 0.5) is 0 Å². The van der Waals surface area contributed by atoms with Crippen LogP contribution in [0.25, 0.3) is 11.4 Å². The SMILES string of the molecule is CC(C)Cc1cc(Cl)nc(-c2cnn(C(C)C)c2)n1. The number of nitrogens with zero attached hydrogens (tertiary/aromatic N) is 4. The van der Waals surface area contributed by atoms with Gasteiger partial charge in [0, 0.05) is 17.9 Å². The highest BCUT2D eigenvalue weighted by molar-refractivity contribution is 6.29. The van der Waals surface area contributed by atoms with E-state index in [-0.39, 0.29) is 0 Å². The molecule has 0 saturated heterocycles. The molecule has 0 aliphatic rings. The van der Waals surface area contributed by atoms with Crippen LogP contribution in [0.2, 0.25) is 5.15 Å². The lowest BCUT2D eigenvalue weighted by Crippen LogP contribution is -2.01. The molecule has 0 aromatic carbocycles. The molecule has 5 heteroatoms. The summed E-state index contributed by atoms with van der Waals surface area (Å²) in [5.41, 5.74) is 1.88. The van der Waals surface area contributed by atoms with Gasteiger partial charge in [-0.2, -0.15) is 5.10 Å². The molecular weight excluding hydrogens is 260 g/mol. The van der Waals surface area contributed by atoms with E-state index in [1.54, 1.807) is 6.20 Å². The van der Waals surface area contributed by atoms with Crippen molar-refractivity contribution >= 4 is 11.6 Å². The maximum absolute atomic E-state index is 6.07. The molecule has 2 aromatic heterocycles. The first kappa shape index (κ1) is 14.0. The van der Waals surface area contributed by atoms with Crippen molar-refractivity contribution in [1.82, 2.24) is 19.7 Å². The Bertz CT molecular complexity index is 560. The Morgan fingerprint density at radius 3 is 2.53 bits per heavy atom. The lowest BCUT2D eigenvalue weighted by molar-refractivity contribution is 0.532. The zero-order chi connectivity index (χ0) is 14.0. The Hall–Kier alpha value is -1.42. The lowest BCUT2D eigenvalue weighted by atomic mass is 10.1. The third-order valence-corrected chi connectivity index (χ3v) is 2.95. The van der Waals surface area contributed by atoms with Gasteiger partial charge in [-0.1, -0.05) is 25.4 Å². The fraction of sp³-hybridized carbons (Fsp3) is 0.500. The standard InChI is InChI=1S/C14H19ClN4/c1-9(2)5-12-6-13(15)18-14(17-12)11-7-16-19(8-11)10(3)4/h6-10H,5H2,1-4H3. The summed E-state index contributed by atoms with van der Waals surface area (Å²) in [5, 5.41) is 4.79. The van der Waals surface area contributed by atoms with Gasteiger partial charge < -0.3 is 0 Å². The molecular formula is C14H19ClN4. The average molecular weight is 279 g/mol. The van der Waals surface area contributed by atoms with E-state index in [4.69, 9.17) is 11.6 Å². The molecule has 0 bridgehead atoms. The van der Waals surface area contributed by atoms with Crippen molar-refractivity contribution in [3.8, 4) is 11.4 Å². The van der Waals surface area contributed by atoms with Gasteiger partial charge in [0.15, 0.2) is 5.82 Å². The minimum absolute atomic E-state index is 0.322. The minimum atomic E-state index is 0.322.